The molecule has 4 nitrogen and oxygen atoms in total. The van der Waals surface area contributed by atoms with E-state index in [2.05, 4.69) is 11.9 Å². The Hall–Kier alpha value is -2.27. The first kappa shape index (κ1) is 17.1. The number of ether oxygens (including phenoxy) is 1. The van der Waals surface area contributed by atoms with Crippen LogP contribution in [0.4, 0.5) is 4.79 Å². The Balaban J connectivity index is 1.76. The molecule has 0 saturated heterocycles. The molecule has 2 aromatic rings. The maximum Gasteiger partial charge on any atom is 0.318 e. The average molecular weight is 330 g/mol. The second-order valence-electron chi connectivity index (χ2n) is 5.15. The number of rotatable bonds is 8. The summed E-state index contributed by atoms with van der Waals surface area (Å²) in [5, 5.41) is 4.89. The third-order valence-electron chi connectivity index (χ3n) is 3.20. The molecular weight excluding hydrogens is 308 g/mol. The molecule has 0 atom stereocenters. The predicted octanol–water partition coefficient (Wildman–Crippen LogP) is 3.83. The van der Waals surface area contributed by atoms with E-state index in [-0.39, 0.29) is 6.03 Å². The van der Waals surface area contributed by atoms with Crippen molar-refractivity contribution in [2.45, 2.75) is 13.5 Å². The number of urea groups is 1. The van der Waals surface area contributed by atoms with Crippen LogP contribution in [0.3, 0.4) is 0 Å². The first-order chi connectivity index (χ1) is 11.2. The Morgan fingerprint density at radius 1 is 1.39 bits per heavy atom. The highest BCUT2D eigenvalue weighted by Gasteiger charge is 2.12. The van der Waals surface area contributed by atoms with Crippen LogP contribution >= 0.6 is 11.3 Å². The first-order valence-electron chi connectivity index (χ1n) is 7.54. The summed E-state index contributed by atoms with van der Waals surface area (Å²) in [5.41, 5.74) is 1.15. The summed E-state index contributed by atoms with van der Waals surface area (Å²) in [4.78, 5) is 15.1. The number of carbonyl (C=O) groups excluding carboxylic acids is 1. The number of benzene rings is 1. The molecule has 5 heteroatoms. The zero-order valence-corrected chi connectivity index (χ0v) is 14.1. The second-order valence-corrected chi connectivity index (χ2v) is 6.18. The van der Waals surface area contributed by atoms with Gasteiger partial charge in [0.15, 0.2) is 0 Å². The Bertz CT molecular complexity index is 626. The van der Waals surface area contributed by atoms with E-state index in [1.807, 2.05) is 48.7 Å². The third kappa shape index (κ3) is 5.79. The lowest BCUT2D eigenvalue weighted by Gasteiger charge is -2.21. The molecule has 0 aliphatic carbocycles. The fourth-order valence-electron chi connectivity index (χ4n) is 2.11. The van der Waals surface area contributed by atoms with Crippen molar-refractivity contribution in [2.24, 2.45) is 0 Å². The van der Waals surface area contributed by atoms with Gasteiger partial charge in [0.25, 0.3) is 0 Å². The van der Waals surface area contributed by atoms with Crippen LogP contribution < -0.4 is 10.1 Å². The minimum atomic E-state index is -0.105. The molecule has 0 radical (unpaired) electrons. The van der Waals surface area contributed by atoms with Crippen LogP contribution in [0.2, 0.25) is 0 Å². The fourth-order valence-corrected chi connectivity index (χ4v) is 2.83. The summed E-state index contributed by atoms with van der Waals surface area (Å²) in [6.07, 6.45) is 1.73. The van der Waals surface area contributed by atoms with Crippen molar-refractivity contribution < 1.29 is 9.53 Å². The monoisotopic (exact) mass is 330 g/mol. The van der Waals surface area contributed by atoms with Crippen LogP contribution in [0.1, 0.15) is 10.4 Å². The molecule has 1 aromatic carbocycles. The lowest BCUT2D eigenvalue weighted by Crippen LogP contribution is -2.41. The molecule has 0 aliphatic heterocycles. The van der Waals surface area contributed by atoms with Gasteiger partial charge in [0.1, 0.15) is 12.4 Å². The molecule has 1 heterocycles. The molecule has 0 spiro atoms. The Labute approximate surface area is 141 Å². The van der Waals surface area contributed by atoms with Crippen molar-refractivity contribution >= 4 is 17.4 Å². The van der Waals surface area contributed by atoms with Gasteiger partial charge in [0.2, 0.25) is 0 Å². The van der Waals surface area contributed by atoms with Crippen molar-refractivity contribution in [3.05, 3.63) is 64.9 Å². The number of aryl methyl sites for hydroxylation is 1. The van der Waals surface area contributed by atoms with Crippen molar-refractivity contribution in [1.29, 1.82) is 0 Å². The van der Waals surface area contributed by atoms with Crippen LogP contribution in [0, 0.1) is 6.92 Å². The molecule has 0 fully saturated rings. The molecule has 0 bridgehead atoms. The van der Waals surface area contributed by atoms with E-state index in [4.69, 9.17) is 4.74 Å². The van der Waals surface area contributed by atoms with Crippen molar-refractivity contribution in [1.82, 2.24) is 10.2 Å². The first-order valence-corrected chi connectivity index (χ1v) is 8.42. The van der Waals surface area contributed by atoms with Crippen LogP contribution in [0.25, 0.3) is 0 Å². The molecular formula is C18H22N2O2S. The van der Waals surface area contributed by atoms with Crippen molar-refractivity contribution in [3.8, 4) is 5.75 Å². The van der Waals surface area contributed by atoms with Gasteiger partial charge < -0.3 is 15.0 Å². The molecule has 0 unspecified atom stereocenters. The van der Waals surface area contributed by atoms with Crippen LogP contribution in [0.15, 0.2) is 54.4 Å². The van der Waals surface area contributed by atoms with Gasteiger partial charge in [-0.1, -0.05) is 24.3 Å². The Kier molecular flexibility index (Phi) is 6.69. The van der Waals surface area contributed by atoms with Crippen LogP contribution in [0.5, 0.6) is 5.75 Å². The number of hydrogen-bond acceptors (Lipinski definition) is 3. The normalized spacial score (nSPS) is 10.1. The van der Waals surface area contributed by atoms with E-state index in [0.717, 1.165) is 16.2 Å². The smallest absolute Gasteiger partial charge is 0.318 e. The maximum atomic E-state index is 12.2. The number of hydrogen-bond donors (Lipinski definition) is 1. The van der Waals surface area contributed by atoms with Crippen LogP contribution in [-0.4, -0.2) is 30.6 Å². The number of nitrogens with one attached hydrogen (secondary N) is 1. The van der Waals surface area contributed by atoms with E-state index >= 15 is 0 Å². The van der Waals surface area contributed by atoms with Gasteiger partial charge >= 0.3 is 6.03 Å². The summed E-state index contributed by atoms with van der Waals surface area (Å²) in [7, 11) is 0. The molecule has 23 heavy (non-hydrogen) atoms. The lowest BCUT2D eigenvalue weighted by atomic mass is 10.2. The molecule has 2 rings (SSSR count). The predicted molar refractivity (Wildman–Crippen MR) is 95.0 cm³/mol. The highest BCUT2D eigenvalue weighted by atomic mass is 32.1. The van der Waals surface area contributed by atoms with E-state index < -0.39 is 0 Å². The van der Waals surface area contributed by atoms with Crippen LogP contribution in [-0.2, 0) is 6.54 Å². The third-order valence-corrected chi connectivity index (χ3v) is 4.06. The van der Waals surface area contributed by atoms with Crippen molar-refractivity contribution in [2.75, 3.05) is 19.7 Å². The summed E-state index contributed by atoms with van der Waals surface area (Å²) < 4.78 is 5.63. The lowest BCUT2D eigenvalue weighted by molar-refractivity contribution is 0.198. The SMILES string of the molecule is C=CCN(Cc1cccs1)C(=O)NCCOc1cccc(C)c1. The van der Waals surface area contributed by atoms with E-state index in [9.17, 15) is 4.79 Å². The molecule has 1 N–H and O–H groups in total. The van der Waals surface area contributed by atoms with Gasteiger partial charge in [-0.15, -0.1) is 17.9 Å². The van der Waals surface area contributed by atoms with Gasteiger partial charge in [-0.2, -0.15) is 0 Å². The number of carbonyl (C=O) groups is 1. The fraction of sp³-hybridized carbons (Fsp3) is 0.278. The zero-order chi connectivity index (χ0) is 16.5. The standard InChI is InChI=1S/C18H22N2O2S/c1-3-10-20(14-17-8-5-12-23-17)18(21)19-9-11-22-16-7-4-6-15(2)13-16/h3-8,12-13H,1,9-11,14H2,2H3,(H,19,21). The summed E-state index contributed by atoms with van der Waals surface area (Å²) in [6.45, 7) is 7.75. The topological polar surface area (TPSA) is 41.6 Å². The van der Waals surface area contributed by atoms with Gasteiger partial charge in [0.05, 0.1) is 13.1 Å². The molecule has 0 saturated carbocycles. The molecule has 0 aliphatic rings. The van der Waals surface area contributed by atoms with Gasteiger partial charge in [-0.3, -0.25) is 0 Å². The van der Waals surface area contributed by atoms with E-state index in [1.54, 1.807) is 22.3 Å². The summed E-state index contributed by atoms with van der Waals surface area (Å²) in [5.74, 6) is 0.820. The number of amides is 2. The Morgan fingerprint density at radius 2 is 2.26 bits per heavy atom. The minimum absolute atomic E-state index is 0.105. The van der Waals surface area contributed by atoms with E-state index in [1.165, 1.54) is 0 Å². The van der Waals surface area contributed by atoms with Gasteiger partial charge in [-0.05, 0) is 36.1 Å². The summed E-state index contributed by atoms with van der Waals surface area (Å²) in [6, 6.07) is 11.8. The number of nitrogens with zero attached hydrogens (tertiary/aromatic N) is 1. The number of thiophene rings is 1. The second kappa shape index (κ2) is 9.00. The summed E-state index contributed by atoms with van der Waals surface area (Å²) >= 11 is 1.64. The minimum Gasteiger partial charge on any atom is -0.492 e. The van der Waals surface area contributed by atoms with Crippen molar-refractivity contribution in [3.63, 3.8) is 0 Å². The van der Waals surface area contributed by atoms with E-state index in [0.29, 0.717) is 26.2 Å². The highest BCUT2D eigenvalue weighted by Crippen LogP contribution is 2.13. The molecule has 2 amide bonds. The van der Waals surface area contributed by atoms with Gasteiger partial charge in [-0.25, -0.2) is 4.79 Å². The highest BCUT2D eigenvalue weighted by molar-refractivity contribution is 7.09. The van der Waals surface area contributed by atoms with Gasteiger partial charge in [0, 0.05) is 11.4 Å². The molecule has 122 valence electrons. The maximum absolute atomic E-state index is 12.2. The Morgan fingerprint density at radius 3 is 2.96 bits per heavy atom. The average Bonchev–Trinajstić information content (AvgIpc) is 3.04. The zero-order valence-electron chi connectivity index (χ0n) is 13.3. The molecule has 1 aromatic heterocycles. The quantitative estimate of drug-likeness (QED) is 0.590. The largest absolute Gasteiger partial charge is 0.492 e.